The lowest BCUT2D eigenvalue weighted by Gasteiger charge is -2.14. The number of benzene rings is 2. The van der Waals surface area contributed by atoms with Crippen LogP contribution in [0.2, 0.25) is 0 Å². The van der Waals surface area contributed by atoms with Gasteiger partial charge in [-0.25, -0.2) is 9.48 Å². The fourth-order valence-electron chi connectivity index (χ4n) is 3.48. The van der Waals surface area contributed by atoms with E-state index in [9.17, 15) is 4.79 Å². The summed E-state index contributed by atoms with van der Waals surface area (Å²) in [6.07, 6.45) is 3.92. The monoisotopic (exact) mass is 431 g/mol. The molecule has 8 nitrogen and oxygen atoms in total. The zero-order chi connectivity index (χ0) is 22.5. The van der Waals surface area contributed by atoms with E-state index in [0.29, 0.717) is 23.7 Å². The van der Waals surface area contributed by atoms with Crippen molar-refractivity contribution in [3.63, 3.8) is 0 Å². The van der Waals surface area contributed by atoms with Crippen molar-refractivity contribution in [1.29, 1.82) is 0 Å². The van der Waals surface area contributed by atoms with Crippen LogP contribution in [0, 0.1) is 6.92 Å². The van der Waals surface area contributed by atoms with E-state index in [-0.39, 0.29) is 6.03 Å². The van der Waals surface area contributed by atoms with Gasteiger partial charge in [-0.15, -0.1) is 0 Å². The first-order valence-electron chi connectivity index (χ1n) is 10.1. The number of carbonyl (C=O) groups is 1. The van der Waals surface area contributed by atoms with Gasteiger partial charge in [-0.2, -0.15) is 5.10 Å². The topological polar surface area (TPSA) is 82.3 Å². The first-order valence-corrected chi connectivity index (χ1v) is 10.1. The van der Waals surface area contributed by atoms with E-state index in [2.05, 4.69) is 10.6 Å². The summed E-state index contributed by atoms with van der Waals surface area (Å²) in [5, 5.41) is 10.5. The molecule has 2 aromatic heterocycles. The van der Waals surface area contributed by atoms with Gasteiger partial charge >= 0.3 is 6.03 Å². The number of carbonyl (C=O) groups excluding carboxylic acids is 1. The second kappa shape index (κ2) is 9.30. The molecule has 8 heteroatoms. The minimum Gasteiger partial charge on any atom is -0.497 e. The number of nitrogens with zero attached hydrogens (tertiary/aromatic N) is 3. The van der Waals surface area contributed by atoms with E-state index >= 15 is 0 Å². The zero-order valence-corrected chi connectivity index (χ0v) is 18.2. The molecule has 0 aliphatic carbocycles. The number of aromatic nitrogens is 3. The molecule has 2 heterocycles. The number of ether oxygens (including phenoxy) is 2. The Morgan fingerprint density at radius 1 is 1.00 bits per heavy atom. The van der Waals surface area contributed by atoms with Crippen molar-refractivity contribution in [2.75, 3.05) is 19.5 Å². The van der Waals surface area contributed by atoms with Crippen molar-refractivity contribution in [1.82, 2.24) is 19.7 Å². The number of nitrogens with one attached hydrogen (secondary N) is 2. The van der Waals surface area contributed by atoms with Gasteiger partial charge in [-0.05, 0) is 43.3 Å². The number of hydrogen-bond acceptors (Lipinski definition) is 4. The van der Waals surface area contributed by atoms with E-state index in [1.807, 2.05) is 71.0 Å². The third kappa shape index (κ3) is 4.29. The average molecular weight is 431 g/mol. The Bertz CT molecular complexity index is 1200. The molecule has 2 aromatic carbocycles. The van der Waals surface area contributed by atoms with Gasteiger partial charge in [-0.1, -0.05) is 18.2 Å². The van der Waals surface area contributed by atoms with Gasteiger partial charge in [0.05, 0.1) is 37.8 Å². The van der Waals surface area contributed by atoms with Crippen LogP contribution in [-0.2, 0) is 6.54 Å². The van der Waals surface area contributed by atoms with E-state index in [4.69, 9.17) is 14.6 Å². The molecule has 0 spiro atoms. The molecular weight excluding hydrogens is 406 g/mol. The number of anilines is 1. The molecule has 4 aromatic rings. The van der Waals surface area contributed by atoms with Crippen molar-refractivity contribution >= 4 is 11.7 Å². The summed E-state index contributed by atoms with van der Waals surface area (Å²) < 4.78 is 14.4. The van der Waals surface area contributed by atoms with E-state index in [1.54, 1.807) is 32.4 Å². The van der Waals surface area contributed by atoms with Gasteiger partial charge < -0.3 is 24.7 Å². The summed E-state index contributed by atoms with van der Waals surface area (Å²) in [7, 11) is 3.12. The van der Waals surface area contributed by atoms with Crippen LogP contribution in [0.4, 0.5) is 10.5 Å². The Balaban J connectivity index is 1.57. The van der Waals surface area contributed by atoms with E-state index < -0.39 is 0 Å². The highest BCUT2D eigenvalue weighted by atomic mass is 16.5. The van der Waals surface area contributed by atoms with Crippen molar-refractivity contribution in [2.24, 2.45) is 0 Å². The zero-order valence-electron chi connectivity index (χ0n) is 18.2. The molecule has 0 radical (unpaired) electrons. The SMILES string of the molecule is COc1ccc(NC(=O)NCc2c(C)nn(-c3ccccc3)c2-n2cccc2)c(OC)c1. The molecule has 4 rings (SSSR count). The number of urea groups is 1. The third-order valence-corrected chi connectivity index (χ3v) is 5.09. The molecule has 0 unspecified atom stereocenters. The molecule has 0 aliphatic heterocycles. The Kier molecular flexibility index (Phi) is 6.12. The second-order valence-electron chi connectivity index (χ2n) is 7.10. The Hall–Kier alpha value is -4.20. The summed E-state index contributed by atoms with van der Waals surface area (Å²) in [5.74, 6) is 2.04. The summed E-state index contributed by atoms with van der Waals surface area (Å²) in [5.41, 5.74) is 3.24. The maximum absolute atomic E-state index is 12.7. The van der Waals surface area contributed by atoms with Crippen molar-refractivity contribution in [3.8, 4) is 23.0 Å². The first-order chi connectivity index (χ1) is 15.6. The van der Waals surface area contributed by atoms with Gasteiger partial charge in [0, 0.05) is 24.0 Å². The summed E-state index contributed by atoms with van der Waals surface area (Å²) in [4.78, 5) is 12.7. The van der Waals surface area contributed by atoms with Crippen LogP contribution in [0.3, 0.4) is 0 Å². The molecular formula is C24H25N5O3. The van der Waals surface area contributed by atoms with Crippen LogP contribution in [0.15, 0.2) is 73.1 Å². The second-order valence-corrected chi connectivity index (χ2v) is 7.10. The Morgan fingerprint density at radius 3 is 2.44 bits per heavy atom. The lowest BCUT2D eigenvalue weighted by Crippen LogP contribution is -2.29. The number of aryl methyl sites for hydroxylation is 1. The molecule has 0 fully saturated rings. The van der Waals surface area contributed by atoms with Crippen molar-refractivity contribution in [2.45, 2.75) is 13.5 Å². The van der Waals surface area contributed by atoms with Gasteiger partial charge in [-0.3, -0.25) is 0 Å². The molecule has 0 saturated heterocycles. The number of rotatable bonds is 7. The van der Waals surface area contributed by atoms with Crippen molar-refractivity contribution in [3.05, 3.63) is 84.3 Å². The van der Waals surface area contributed by atoms with Crippen LogP contribution >= 0.6 is 0 Å². The Morgan fingerprint density at radius 2 is 1.75 bits per heavy atom. The predicted octanol–water partition coefficient (Wildman–Crippen LogP) is 4.31. The molecule has 0 atom stereocenters. The predicted molar refractivity (Wildman–Crippen MR) is 123 cm³/mol. The number of para-hydroxylation sites is 1. The lowest BCUT2D eigenvalue weighted by atomic mass is 10.2. The maximum atomic E-state index is 12.7. The summed E-state index contributed by atoms with van der Waals surface area (Å²) in [6.45, 7) is 2.24. The van der Waals surface area contributed by atoms with Crippen LogP contribution < -0.4 is 20.1 Å². The minimum atomic E-state index is -0.348. The number of hydrogen-bond donors (Lipinski definition) is 2. The normalized spacial score (nSPS) is 10.6. The lowest BCUT2D eigenvalue weighted by molar-refractivity contribution is 0.251. The van der Waals surface area contributed by atoms with Gasteiger partial charge in [0.15, 0.2) is 0 Å². The quantitative estimate of drug-likeness (QED) is 0.457. The van der Waals surface area contributed by atoms with Gasteiger partial charge in [0.1, 0.15) is 17.3 Å². The molecule has 2 N–H and O–H groups in total. The van der Waals surface area contributed by atoms with E-state index in [0.717, 1.165) is 22.8 Å². The standard InChI is InChI=1S/C24H25N5O3/c1-17-20(16-25-24(30)26-21-12-11-19(31-2)15-22(21)32-3)23(28-13-7-8-14-28)29(27-17)18-9-5-4-6-10-18/h4-15H,16H2,1-3H3,(H2,25,26,30). The highest BCUT2D eigenvalue weighted by Gasteiger charge is 2.19. The average Bonchev–Trinajstić information content (AvgIpc) is 3.46. The van der Waals surface area contributed by atoms with Crippen LogP contribution in [0.1, 0.15) is 11.3 Å². The van der Waals surface area contributed by atoms with Crippen LogP contribution in [0.5, 0.6) is 11.5 Å². The smallest absolute Gasteiger partial charge is 0.319 e. The molecule has 0 bridgehead atoms. The van der Waals surface area contributed by atoms with Crippen LogP contribution in [0.25, 0.3) is 11.5 Å². The van der Waals surface area contributed by atoms with E-state index in [1.165, 1.54) is 0 Å². The van der Waals surface area contributed by atoms with Gasteiger partial charge in [0.2, 0.25) is 0 Å². The fraction of sp³-hybridized carbons (Fsp3) is 0.167. The Labute approximate surface area is 186 Å². The van der Waals surface area contributed by atoms with Gasteiger partial charge in [0.25, 0.3) is 0 Å². The maximum Gasteiger partial charge on any atom is 0.319 e. The number of amides is 2. The molecule has 164 valence electrons. The summed E-state index contributed by atoms with van der Waals surface area (Å²) >= 11 is 0. The number of methoxy groups -OCH3 is 2. The molecule has 2 amide bonds. The molecule has 0 saturated carbocycles. The highest BCUT2D eigenvalue weighted by Crippen LogP contribution is 2.29. The van der Waals surface area contributed by atoms with Crippen molar-refractivity contribution < 1.29 is 14.3 Å². The summed E-state index contributed by atoms with van der Waals surface area (Å²) in [6, 6.07) is 18.7. The largest absolute Gasteiger partial charge is 0.497 e. The first kappa shape index (κ1) is 21.0. The minimum absolute atomic E-state index is 0.302. The highest BCUT2D eigenvalue weighted by molar-refractivity contribution is 5.91. The van der Waals surface area contributed by atoms with Crippen LogP contribution in [-0.4, -0.2) is 34.6 Å². The third-order valence-electron chi connectivity index (χ3n) is 5.09. The fourth-order valence-corrected chi connectivity index (χ4v) is 3.48. The molecule has 0 aliphatic rings. The molecule has 32 heavy (non-hydrogen) atoms.